The van der Waals surface area contributed by atoms with Crippen molar-refractivity contribution in [1.29, 1.82) is 0 Å². The maximum Gasteiger partial charge on any atom is 0.321 e. The van der Waals surface area contributed by atoms with Gasteiger partial charge in [0.1, 0.15) is 6.04 Å². The summed E-state index contributed by atoms with van der Waals surface area (Å²) in [5.41, 5.74) is 5.24. The van der Waals surface area contributed by atoms with Crippen molar-refractivity contribution in [2.75, 3.05) is 6.54 Å². The molecule has 0 saturated carbocycles. The van der Waals surface area contributed by atoms with Crippen LogP contribution in [0.2, 0.25) is 0 Å². The molecule has 7 heteroatoms. The summed E-state index contributed by atoms with van der Waals surface area (Å²) in [6, 6.07) is -1.11. The van der Waals surface area contributed by atoms with E-state index in [2.05, 4.69) is 6.58 Å². The number of carboxylic acids is 1. The van der Waals surface area contributed by atoms with E-state index in [1.165, 1.54) is 0 Å². The fraction of sp³-hybridized carbons (Fsp3) is 0.625. The molecule has 0 aromatic heterocycles. The number of rotatable bonds is 8. The van der Waals surface area contributed by atoms with Crippen LogP contribution in [0.1, 0.15) is 19.3 Å². The van der Waals surface area contributed by atoms with Crippen molar-refractivity contribution in [2.24, 2.45) is 5.73 Å². The molecule has 0 aliphatic carbocycles. The Bertz CT molecular complexity index is 313. The van der Waals surface area contributed by atoms with Crippen LogP contribution in [0, 0.1) is 0 Å². The molecule has 0 heterocycles. The number of carboxylic acid groups (broad SMARTS) is 1. The lowest BCUT2D eigenvalue weighted by Gasteiger charge is -2.12. The summed E-state index contributed by atoms with van der Waals surface area (Å²) in [7, 11) is -3.70. The number of hydrogen-bond acceptors (Lipinski definition) is 4. The van der Waals surface area contributed by atoms with Crippen molar-refractivity contribution in [3.8, 4) is 0 Å². The van der Waals surface area contributed by atoms with Crippen LogP contribution in [-0.4, -0.2) is 32.1 Å². The molecule has 0 spiro atoms. The number of unbranched alkanes of at least 4 members (excludes halogenated alkanes) is 1. The van der Waals surface area contributed by atoms with Gasteiger partial charge in [-0.15, -0.1) is 0 Å². The molecule has 0 bridgehead atoms. The highest BCUT2D eigenvalue weighted by Gasteiger charge is 2.21. The summed E-state index contributed by atoms with van der Waals surface area (Å²) in [4.78, 5) is 10.7. The van der Waals surface area contributed by atoms with E-state index in [4.69, 9.17) is 10.8 Å². The van der Waals surface area contributed by atoms with E-state index >= 15 is 0 Å². The van der Waals surface area contributed by atoms with Crippen LogP contribution in [0.4, 0.5) is 0 Å². The fourth-order valence-corrected chi connectivity index (χ4v) is 1.68. The molecule has 0 amide bonds. The average Bonchev–Trinajstić information content (AvgIpc) is 2.16. The van der Waals surface area contributed by atoms with Gasteiger partial charge in [-0.25, -0.2) is 8.42 Å². The van der Waals surface area contributed by atoms with Crippen LogP contribution in [0.3, 0.4) is 0 Å². The number of nitrogens with one attached hydrogen (secondary N) is 1. The number of hydrogen-bond donors (Lipinski definition) is 3. The van der Waals surface area contributed by atoms with Crippen LogP contribution in [-0.2, 0) is 14.8 Å². The lowest BCUT2D eigenvalue weighted by Crippen LogP contribution is -2.39. The molecule has 0 rings (SSSR count). The summed E-state index contributed by atoms with van der Waals surface area (Å²) >= 11 is 0. The molecule has 88 valence electrons. The minimum atomic E-state index is -3.70. The Morgan fingerprint density at radius 2 is 2.13 bits per heavy atom. The molecule has 0 saturated heterocycles. The third-order valence-electron chi connectivity index (χ3n) is 1.77. The van der Waals surface area contributed by atoms with Gasteiger partial charge in [0.15, 0.2) is 0 Å². The fourth-order valence-electron chi connectivity index (χ4n) is 0.972. The maximum atomic E-state index is 11.0. The summed E-state index contributed by atoms with van der Waals surface area (Å²) in [5, 5.41) is 9.43. The van der Waals surface area contributed by atoms with Crippen molar-refractivity contribution in [3.63, 3.8) is 0 Å². The van der Waals surface area contributed by atoms with Crippen LogP contribution in [0.5, 0.6) is 0 Å². The Hall–Kier alpha value is -0.920. The summed E-state index contributed by atoms with van der Waals surface area (Å²) < 4.78 is 24.1. The molecule has 4 N–H and O–H groups in total. The normalized spacial score (nSPS) is 13.4. The Labute approximate surface area is 89.2 Å². The first-order valence-corrected chi connectivity index (χ1v) is 6.05. The van der Waals surface area contributed by atoms with Gasteiger partial charge in [0.05, 0.1) is 0 Å². The first-order valence-electron chi connectivity index (χ1n) is 4.50. The molecule has 0 aromatic carbocycles. The predicted molar refractivity (Wildman–Crippen MR) is 56.6 cm³/mol. The van der Waals surface area contributed by atoms with Gasteiger partial charge in [-0.1, -0.05) is 13.0 Å². The summed E-state index contributed by atoms with van der Waals surface area (Å²) in [6.45, 7) is 3.54. The zero-order valence-corrected chi connectivity index (χ0v) is 9.16. The monoisotopic (exact) mass is 236 g/mol. The molecule has 0 radical (unpaired) electrons. The van der Waals surface area contributed by atoms with Gasteiger partial charge >= 0.3 is 5.97 Å². The van der Waals surface area contributed by atoms with E-state index in [9.17, 15) is 13.2 Å². The third-order valence-corrected chi connectivity index (χ3v) is 2.82. The number of sulfonamides is 1. The highest BCUT2D eigenvalue weighted by Crippen LogP contribution is 2.02. The van der Waals surface area contributed by atoms with Crippen molar-refractivity contribution in [2.45, 2.75) is 25.3 Å². The van der Waals surface area contributed by atoms with Gasteiger partial charge in [-0.05, 0) is 19.4 Å². The van der Waals surface area contributed by atoms with Gasteiger partial charge in [0, 0.05) is 5.41 Å². The average molecular weight is 236 g/mol. The molecule has 15 heavy (non-hydrogen) atoms. The lowest BCUT2D eigenvalue weighted by atomic mass is 10.1. The highest BCUT2D eigenvalue weighted by molar-refractivity contribution is 7.92. The van der Waals surface area contributed by atoms with Crippen LogP contribution in [0.25, 0.3) is 0 Å². The van der Waals surface area contributed by atoms with Crippen LogP contribution >= 0.6 is 0 Å². The quantitative estimate of drug-likeness (QED) is 0.498. The van der Waals surface area contributed by atoms with Crippen molar-refractivity contribution >= 4 is 16.0 Å². The molecule has 1 atom stereocenters. The minimum absolute atomic E-state index is 0.222. The van der Waals surface area contributed by atoms with Gasteiger partial charge < -0.3 is 10.8 Å². The van der Waals surface area contributed by atoms with E-state index in [0.29, 0.717) is 24.8 Å². The van der Waals surface area contributed by atoms with Gasteiger partial charge in [0.25, 0.3) is 0 Å². The Morgan fingerprint density at radius 3 is 2.53 bits per heavy atom. The van der Waals surface area contributed by atoms with E-state index in [0.717, 1.165) is 0 Å². The van der Waals surface area contributed by atoms with E-state index in [-0.39, 0.29) is 6.42 Å². The van der Waals surface area contributed by atoms with Crippen LogP contribution < -0.4 is 10.5 Å². The summed E-state index contributed by atoms with van der Waals surface area (Å²) in [5.74, 6) is -1.20. The van der Waals surface area contributed by atoms with Crippen molar-refractivity contribution in [3.05, 3.63) is 12.0 Å². The van der Waals surface area contributed by atoms with Crippen molar-refractivity contribution < 1.29 is 18.3 Å². The lowest BCUT2D eigenvalue weighted by molar-refractivity contribution is -0.139. The van der Waals surface area contributed by atoms with E-state index in [1.54, 1.807) is 0 Å². The number of carbonyl (C=O) groups is 1. The zero-order chi connectivity index (χ0) is 11.9. The number of aliphatic carboxylic acids is 1. The molecular formula is C8H16N2O4S. The predicted octanol–water partition coefficient (Wildman–Crippen LogP) is -0.368. The van der Waals surface area contributed by atoms with Gasteiger partial charge in [-0.2, -0.15) is 4.72 Å². The Morgan fingerprint density at radius 1 is 1.53 bits per heavy atom. The molecule has 6 nitrogen and oxygen atoms in total. The molecule has 0 aliphatic rings. The molecular weight excluding hydrogens is 220 g/mol. The topological polar surface area (TPSA) is 109 Å². The zero-order valence-electron chi connectivity index (χ0n) is 8.35. The molecule has 0 aliphatic heterocycles. The van der Waals surface area contributed by atoms with Gasteiger partial charge in [-0.3, -0.25) is 4.79 Å². The molecule has 0 fully saturated rings. The maximum absolute atomic E-state index is 11.0. The second-order valence-corrected chi connectivity index (χ2v) is 4.66. The Balaban J connectivity index is 4.29. The second-order valence-electron chi connectivity index (χ2n) is 3.00. The second kappa shape index (κ2) is 6.54. The third kappa shape index (κ3) is 6.21. The van der Waals surface area contributed by atoms with E-state index in [1.807, 2.05) is 4.72 Å². The molecule has 1 unspecified atom stereocenters. The summed E-state index contributed by atoms with van der Waals surface area (Å²) in [6.07, 6.45) is 1.45. The standard InChI is InChI=1S/C8H16N2O4S/c1-2-15(13,14)10-7(8(11)12)5-3-4-6-9/h2,7,10H,1,3-6,9H2,(H,11,12). The first-order chi connectivity index (χ1) is 6.93. The van der Waals surface area contributed by atoms with Crippen LogP contribution in [0.15, 0.2) is 12.0 Å². The smallest absolute Gasteiger partial charge is 0.321 e. The molecule has 0 aromatic rings. The first kappa shape index (κ1) is 14.1. The largest absolute Gasteiger partial charge is 0.480 e. The minimum Gasteiger partial charge on any atom is -0.480 e. The van der Waals surface area contributed by atoms with Gasteiger partial charge in [0.2, 0.25) is 10.0 Å². The Kier molecular flexibility index (Phi) is 6.14. The van der Waals surface area contributed by atoms with Crippen molar-refractivity contribution in [1.82, 2.24) is 4.72 Å². The number of nitrogens with two attached hydrogens (primary N) is 1. The highest BCUT2D eigenvalue weighted by atomic mass is 32.2. The van der Waals surface area contributed by atoms with E-state index < -0.39 is 22.0 Å². The SMILES string of the molecule is C=CS(=O)(=O)NC(CCCCN)C(=O)O.